The highest BCUT2D eigenvalue weighted by molar-refractivity contribution is 5.82. The minimum atomic E-state index is -0.539. The van der Waals surface area contributed by atoms with Gasteiger partial charge in [0.25, 0.3) is 0 Å². The molecule has 0 rings (SSSR count). The molecule has 0 aromatic heterocycles. The molecular weight excluding hydrogens is 176 g/mol. The van der Waals surface area contributed by atoms with Crippen molar-refractivity contribution in [1.82, 2.24) is 5.32 Å². The van der Waals surface area contributed by atoms with E-state index in [9.17, 15) is 4.79 Å². The van der Waals surface area contributed by atoms with E-state index < -0.39 is 5.41 Å². The smallest absolute Gasteiger partial charge is 0.227 e. The van der Waals surface area contributed by atoms with Gasteiger partial charge in [-0.1, -0.05) is 19.3 Å². The van der Waals surface area contributed by atoms with Gasteiger partial charge in [0.2, 0.25) is 5.91 Å². The molecule has 14 heavy (non-hydrogen) atoms. The number of hydrogen-bond acceptors (Lipinski definition) is 2. The quantitative estimate of drug-likeness (QED) is 0.642. The molecule has 0 aromatic carbocycles. The second-order valence-corrected chi connectivity index (χ2v) is 4.07. The van der Waals surface area contributed by atoms with Gasteiger partial charge in [-0.25, -0.2) is 0 Å². The number of nitrogens with one attached hydrogen (secondary N) is 1. The van der Waals surface area contributed by atoms with Gasteiger partial charge < -0.3 is 11.1 Å². The summed E-state index contributed by atoms with van der Waals surface area (Å²) >= 11 is 0. The first-order chi connectivity index (χ1) is 6.47. The van der Waals surface area contributed by atoms with Gasteiger partial charge in [0, 0.05) is 6.54 Å². The summed E-state index contributed by atoms with van der Waals surface area (Å²) in [5, 5.41) is 2.80. The SMILES string of the molecule is C#CC(CCC)NC(=O)C(C)(C)CN. The summed E-state index contributed by atoms with van der Waals surface area (Å²) in [7, 11) is 0. The average Bonchev–Trinajstić information content (AvgIpc) is 2.16. The lowest BCUT2D eigenvalue weighted by atomic mass is 9.92. The summed E-state index contributed by atoms with van der Waals surface area (Å²) in [5.74, 6) is 2.48. The molecule has 0 spiro atoms. The zero-order valence-corrected chi connectivity index (χ0v) is 9.26. The highest BCUT2D eigenvalue weighted by atomic mass is 16.2. The van der Waals surface area contributed by atoms with Crippen LogP contribution >= 0.6 is 0 Å². The highest BCUT2D eigenvalue weighted by Gasteiger charge is 2.26. The van der Waals surface area contributed by atoms with Gasteiger partial charge in [-0.2, -0.15) is 0 Å². The Morgan fingerprint density at radius 1 is 1.64 bits per heavy atom. The fraction of sp³-hybridized carbons (Fsp3) is 0.727. The van der Waals surface area contributed by atoms with Crippen LogP contribution in [0.15, 0.2) is 0 Å². The fourth-order valence-electron chi connectivity index (χ4n) is 0.932. The van der Waals surface area contributed by atoms with Crippen molar-refractivity contribution in [3.63, 3.8) is 0 Å². The molecule has 0 heterocycles. The molecular formula is C11H20N2O. The maximum Gasteiger partial charge on any atom is 0.227 e. The molecule has 1 atom stereocenters. The number of carbonyl (C=O) groups is 1. The van der Waals surface area contributed by atoms with Crippen LogP contribution < -0.4 is 11.1 Å². The number of terminal acetylenes is 1. The molecule has 0 fully saturated rings. The Morgan fingerprint density at radius 2 is 2.21 bits per heavy atom. The van der Waals surface area contributed by atoms with Crippen molar-refractivity contribution in [2.75, 3.05) is 6.54 Å². The molecule has 1 amide bonds. The Bertz CT molecular complexity index is 228. The van der Waals surface area contributed by atoms with E-state index in [1.807, 2.05) is 20.8 Å². The lowest BCUT2D eigenvalue weighted by Gasteiger charge is -2.23. The number of nitrogens with two attached hydrogens (primary N) is 1. The maximum atomic E-state index is 11.7. The van der Waals surface area contributed by atoms with Gasteiger partial charge in [0.1, 0.15) is 0 Å². The number of amides is 1. The topological polar surface area (TPSA) is 55.1 Å². The Morgan fingerprint density at radius 3 is 2.57 bits per heavy atom. The van der Waals surface area contributed by atoms with E-state index in [4.69, 9.17) is 12.2 Å². The Kier molecular flexibility index (Phi) is 5.26. The summed E-state index contributed by atoms with van der Waals surface area (Å²) in [6.07, 6.45) is 7.06. The van der Waals surface area contributed by atoms with Crippen LogP contribution in [0.2, 0.25) is 0 Å². The van der Waals surface area contributed by atoms with Crippen molar-refractivity contribution in [3.8, 4) is 12.3 Å². The van der Waals surface area contributed by atoms with Crippen LogP contribution in [-0.4, -0.2) is 18.5 Å². The van der Waals surface area contributed by atoms with Crippen molar-refractivity contribution >= 4 is 5.91 Å². The van der Waals surface area contributed by atoms with E-state index in [0.717, 1.165) is 12.8 Å². The van der Waals surface area contributed by atoms with Gasteiger partial charge in [0.15, 0.2) is 0 Å². The molecule has 1 unspecified atom stereocenters. The van der Waals surface area contributed by atoms with Crippen LogP contribution in [-0.2, 0) is 4.79 Å². The molecule has 3 N–H and O–H groups in total. The number of hydrogen-bond donors (Lipinski definition) is 2. The third kappa shape index (κ3) is 3.80. The van der Waals surface area contributed by atoms with Crippen LogP contribution in [0, 0.1) is 17.8 Å². The second kappa shape index (κ2) is 5.66. The largest absolute Gasteiger partial charge is 0.342 e. The van der Waals surface area contributed by atoms with Crippen molar-refractivity contribution in [2.45, 2.75) is 39.7 Å². The van der Waals surface area contributed by atoms with Gasteiger partial charge in [-0.15, -0.1) is 6.42 Å². The van der Waals surface area contributed by atoms with Crippen LogP contribution in [0.1, 0.15) is 33.6 Å². The third-order valence-electron chi connectivity index (χ3n) is 2.21. The van der Waals surface area contributed by atoms with E-state index in [1.165, 1.54) is 0 Å². The van der Waals surface area contributed by atoms with Crippen LogP contribution in [0.3, 0.4) is 0 Å². The van der Waals surface area contributed by atoms with E-state index in [0.29, 0.717) is 6.54 Å². The molecule has 0 saturated heterocycles. The summed E-state index contributed by atoms with van der Waals surface area (Å²) in [6.45, 7) is 5.97. The minimum Gasteiger partial charge on any atom is -0.342 e. The number of carbonyl (C=O) groups excluding carboxylic acids is 1. The summed E-state index contributed by atoms with van der Waals surface area (Å²) in [6, 6.07) is -0.168. The normalized spacial score (nSPS) is 13.1. The zero-order chi connectivity index (χ0) is 11.2. The fourth-order valence-corrected chi connectivity index (χ4v) is 0.932. The predicted octanol–water partition coefficient (Wildman–Crippen LogP) is 0.889. The second-order valence-electron chi connectivity index (χ2n) is 4.07. The molecule has 0 radical (unpaired) electrons. The standard InChI is InChI=1S/C11H20N2O/c1-5-7-9(6-2)13-10(14)11(3,4)8-12/h2,9H,5,7-8,12H2,1,3-4H3,(H,13,14). The summed E-state index contributed by atoms with van der Waals surface area (Å²) in [5.41, 5.74) is 4.95. The van der Waals surface area contributed by atoms with Gasteiger partial charge in [-0.3, -0.25) is 4.79 Å². The first-order valence-corrected chi connectivity index (χ1v) is 4.95. The Balaban J connectivity index is 4.24. The van der Waals surface area contributed by atoms with E-state index >= 15 is 0 Å². The van der Waals surface area contributed by atoms with Crippen LogP contribution in [0.25, 0.3) is 0 Å². The molecule has 0 aliphatic heterocycles. The van der Waals surface area contributed by atoms with Crippen LogP contribution in [0.5, 0.6) is 0 Å². The molecule has 80 valence electrons. The van der Waals surface area contributed by atoms with Gasteiger partial charge in [-0.05, 0) is 20.3 Å². The average molecular weight is 196 g/mol. The van der Waals surface area contributed by atoms with Crippen LogP contribution in [0.4, 0.5) is 0 Å². The highest BCUT2D eigenvalue weighted by Crippen LogP contribution is 2.13. The molecule has 0 aromatic rings. The Hall–Kier alpha value is -1.01. The van der Waals surface area contributed by atoms with Crippen molar-refractivity contribution in [2.24, 2.45) is 11.1 Å². The van der Waals surface area contributed by atoms with Crippen molar-refractivity contribution in [1.29, 1.82) is 0 Å². The van der Waals surface area contributed by atoms with Gasteiger partial charge in [0.05, 0.1) is 11.5 Å². The number of rotatable bonds is 5. The minimum absolute atomic E-state index is 0.0728. The van der Waals surface area contributed by atoms with E-state index in [-0.39, 0.29) is 11.9 Å². The van der Waals surface area contributed by atoms with E-state index in [1.54, 1.807) is 0 Å². The third-order valence-corrected chi connectivity index (χ3v) is 2.21. The molecule has 3 nitrogen and oxygen atoms in total. The molecule has 0 bridgehead atoms. The molecule has 0 aliphatic rings. The first kappa shape index (κ1) is 13.0. The van der Waals surface area contributed by atoms with E-state index in [2.05, 4.69) is 11.2 Å². The monoisotopic (exact) mass is 196 g/mol. The zero-order valence-electron chi connectivity index (χ0n) is 9.26. The predicted molar refractivity (Wildman–Crippen MR) is 58.5 cm³/mol. The molecule has 0 saturated carbocycles. The summed E-state index contributed by atoms with van der Waals surface area (Å²) in [4.78, 5) is 11.7. The lowest BCUT2D eigenvalue weighted by molar-refractivity contribution is -0.129. The van der Waals surface area contributed by atoms with Crippen molar-refractivity contribution < 1.29 is 4.79 Å². The summed E-state index contributed by atoms with van der Waals surface area (Å²) < 4.78 is 0. The lowest BCUT2D eigenvalue weighted by Crippen LogP contribution is -2.45. The molecule has 0 aliphatic carbocycles. The maximum absolute atomic E-state index is 11.7. The van der Waals surface area contributed by atoms with Crippen molar-refractivity contribution in [3.05, 3.63) is 0 Å². The first-order valence-electron chi connectivity index (χ1n) is 4.95. The van der Waals surface area contributed by atoms with Gasteiger partial charge >= 0.3 is 0 Å². The molecule has 3 heteroatoms. The Labute approximate surface area is 86.4 Å².